The van der Waals surface area contributed by atoms with E-state index in [1.807, 2.05) is 0 Å². The van der Waals surface area contributed by atoms with Crippen molar-refractivity contribution >= 4 is 5.97 Å². The van der Waals surface area contributed by atoms with Crippen molar-refractivity contribution in [2.75, 3.05) is 13.1 Å². The Morgan fingerprint density at radius 3 is 3.00 bits per heavy atom. The second kappa shape index (κ2) is 4.89. The summed E-state index contributed by atoms with van der Waals surface area (Å²) in [5.41, 5.74) is 5.95. The third-order valence-electron chi connectivity index (χ3n) is 3.31. The summed E-state index contributed by atoms with van der Waals surface area (Å²) < 4.78 is 5.24. The lowest BCUT2D eigenvalue weighted by Gasteiger charge is -2.34. The normalized spacial score (nSPS) is 26.0. The van der Waals surface area contributed by atoms with Crippen LogP contribution in [0.4, 0.5) is 0 Å². The van der Waals surface area contributed by atoms with Gasteiger partial charge >= 0.3 is 5.97 Å². The molecule has 1 aromatic heterocycles. The molecule has 2 rings (SSSR count). The molecule has 1 saturated heterocycles. The zero-order valence-corrected chi connectivity index (χ0v) is 9.93. The molecule has 5 heteroatoms. The standard InChI is InChI=1S/C12H18N2O3/c1-8-6-14(5-4-10(8)13)7-9-2-3-11(17-9)12(15)16/h2-3,8,10H,4-7,13H2,1H3,(H,15,16). The van der Waals surface area contributed by atoms with Gasteiger partial charge in [-0.2, -0.15) is 0 Å². The molecule has 1 aliphatic heterocycles. The molecule has 5 nitrogen and oxygen atoms in total. The maximum absolute atomic E-state index is 10.7. The summed E-state index contributed by atoms with van der Waals surface area (Å²) in [5.74, 6) is 0.148. The molecule has 94 valence electrons. The Bertz CT molecular complexity index is 402. The molecule has 0 spiro atoms. The number of nitrogens with two attached hydrogens (primary N) is 1. The lowest BCUT2D eigenvalue weighted by molar-refractivity contribution is 0.0656. The number of likely N-dealkylation sites (tertiary alicyclic amines) is 1. The molecule has 0 aliphatic carbocycles. The highest BCUT2D eigenvalue weighted by atomic mass is 16.4. The highest BCUT2D eigenvalue weighted by Crippen LogP contribution is 2.18. The molecule has 17 heavy (non-hydrogen) atoms. The molecule has 1 fully saturated rings. The van der Waals surface area contributed by atoms with Crippen LogP contribution in [0.5, 0.6) is 0 Å². The summed E-state index contributed by atoms with van der Waals surface area (Å²) in [7, 11) is 0. The highest BCUT2D eigenvalue weighted by molar-refractivity contribution is 5.84. The molecule has 2 atom stereocenters. The number of rotatable bonds is 3. The molecule has 2 heterocycles. The number of piperidine rings is 1. The second-order valence-corrected chi connectivity index (χ2v) is 4.74. The zero-order valence-electron chi connectivity index (χ0n) is 9.93. The molecule has 1 aliphatic rings. The maximum atomic E-state index is 10.7. The van der Waals surface area contributed by atoms with Gasteiger partial charge in [-0.25, -0.2) is 4.79 Å². The average Bonchev–Trinajstić information content (AvgIpc) is 2.72. The lowest BCUT2D eigenvalue weighted by Crippen LogP contribution is -2.45. The van der Waals surface area contributed by atoms with Gasteiger partial charge in [-0.3, -0.25) is 4.90 Å². The number of carboxylic acid groups (broad SMARTS) is 1. The SMILES string of the molecule is CC1CN(Cc2ccc(C(=O)O)o2)CCC1N. The van der Waals surface area contributed by atoms with Crippen LogP contribution >= 0.6 is 0 Å². The Hall–Kier alpha value is -1.33. The van der Waals surface area contributed by atoms with Gasteiger partial charge in [-0.1, -0.05) is 6.92 Å². The number of hydrogen-bond donors (Lipinski definition) is 2. The van der Waals surface area contributed by atoms with Crippen molar-refractivity contribution in [2.24, 2.45) is 11.7 Å². The van der Waals surface area contributed by atoms with Gasteiger partial charge in [-0.15, -0.1) is 0 Å². The minimum absolute atomic E-state index is 0.00163. The average molecular weight is 238 g/mol. The van der Waals surface area contributed by atoms with E-state index in [1.165, 1.54) is 6.07 Å². The predicted molar refractivity (Wildman–Crippen MR) is 62.7 cm³/mol. The van der Waals surface area contributed by atoms with Crippen LogP contribution in [0.3, 0.4) is 0 Å². The number of carboxylic acids is 1. The fourth-order valence-corrected chi connectivity index (χ4v) is 2.19. The summed E-state index contributed by atoms with van der Waals surface area (Å²) in [6.45, 7) is 4.67. The van der Waals surface area contributed by atoms with E-state index in [0.717, 1.165) is 19.5 Å². The van der Waals surface area contributed by atoms with Crippen LogP contribution in [-0.4, -0.2) is 35.1 Å². The number of carbonyl (C=O) groups is 1. The fraction of sp³-hybridized carbons (Fsp3) is 0.583. The largest absolute Gasteiger partial charge is 0.475 e. The summed E-state index contributed by atoms with van der Waals surface area (Å²) in [6.07, 6.45) is 0.980. The predicted octanol–water partition coefficient (Wildman–Crippen LogP) is 1.15. The van der Waals surface area contributed by atoms with Crippen LogP contribution in [-0.2, 0) is 6.54 Å². The molecule has 0 amide bonds. The Morgan fingerprint density at radius 1 is 1.65 bits per heavy atom. The van der Waals surface area contributed by atoms with Gasteiger partial charge in [-0.05, 0) is 24.5 Å². The highest BCUT2D eigenvalue weighted by Gasteiger charge is 2.23. The van der Waals surface area contributed by atoms with E-state index in [9.17, 15) is 4.79 Å². The van der Waals surface area contributed by atoms with Gasteiger partial charge in [0, 0.05) is 19.1 Å². The third kappa shape index (κ3) is 2.87. The quantitative estimate of drug-likeness (QED) is 0.825. The van der Waals surface area contributed by atoms with Crippen LogP contribution in [0.2, 0.25) is 0 Å². The van der Waals surface area contributed by atoms with Gasteiger partial charge in [0.15, 0.2) is 0 Å². The van der Waals surface area contributed by atoms with Crippen molar-refractivity contribution in [1.29, 1.82) is 0 Å². The lowest BCUT2D eigenvalue weighted by atomic mass is 9.95. The van der Waals surface area contributed by atoms with Gasteiger partial charge in [0.25, 0.3) is 0 Å². The van der Waals surface area contributed by atoms with Crippen molar-refractivity contribution < 1.29 is 14.3 Å². The van der Waals surface area contributed by atoms with Crippen molar-refractivity contribution in [3.8, 4) is 0 Å². The van der Waals surface area contributed by atoms with Crippen LogP contribution in [0, 0.1) is 5.92 Å². The summed E-state index contributed by atoms with van der Waals surface area (Å²) >= 11 is 0. The maximum Gasteiger partial charge on any atom is 0.371 e. The van der Waals surface area contributed by atoms with Crippen LogP contribution in [0.25, 0.3) is 0 Å². The number of furan rings is 1. The fourth-order valence-electron chi connectivity index (χ4n) is 2.19. The molecule has 0 radical (unpaired) electrons. The molecule has 3 N–H and O–H groups in total. The molecular formula is C12H18N2O3. The van der Waals surface area contributed by atoms with E-state index in [0.29, 0.717) is 18.2 Å². The molecule has 0 bridgehead atoms. The summed E-state index contributed by atoms with van der Waals surface area (Å²) in [6, 6.07) is 3.50. The van der Waals surface area contributed by atoms with E-state index >= 15 is 0 Å². The first-order valence-corrected chi connectivity index (χ1v) is 5.86. The van der Waals surface area contributed by atoms with E-state index in [-0.39, 0.29) is 11.8 Å². The minimum atomic E-state index is -1.02. The molecule has 2 unspecified atom stereocenters. The summed E-state index contributed by atoms with van der Waals surface area (Å²) in [5, 5.41) is 8.76. The van der Waals surface area contributed by atoms with E-state index in [1.54, 1.807) is 6.07 Å². The van der Waals surface area contributed by atoms with Crippen molar-refractivity contribution in [3.63, 3.8) is 0 Å². The number of nitrogens with zero attached hydrogens (tertiary/aromatic N) is 1. The Morgan fingerprint density at radius 2 is 2.41 bits per heavy atom. The van der Waals surface area contributed by atoms with Gasteiger partial charge < -0.3 is 15.3 Å². The smallest absolute Gasteiger partial charge is 0.371 e. The van der Waals surface area contributed by atoms with Gasteiger partial charge in [0.05, 0.1) is 6.54 Å². The minimum Gasteiger partial charge on any atom is -0.475 e. The number of aromatic carboxylic acids is 1. The number of hydrogen-bond acceptors (Lipinski definition) is 4. The van der Waals surface area contributed by atoms with Crippen LogP contribution < -0.4 is 5.73 Å². The molecule has 1 aromatic rings. The van der Waals surface area contributed by atoms with Crippen molar-refractivity contribution in [3.05, 3.63) is 23.7 Å². The molecular weight excluding hydrogens is 220 g/mol. The van der Waals surface area contributed by atoms with Crippen LogP contribution in [0.1, 0.15) is 29.7 Å². The van der Waals surface area contributed by atoms with E-state index in [2.05, 4.69) is 11.8 Å². The molecule has 0 saturated carbocycles. The van der Waals surface area contributed by atoms with Crippen molar-refractivity contribution in [1.82, 2.24) is 4.90 Å². The Labute approximate surface area is 100 Å². The topological polar surface area (TPSA) is 79.7 Å². The van der Waals surface area contributed by atoms with Gasteiger partial charge in [0.1, 0.15) is 5.76 Å². The van der Waals surface area contributed by atoms with Gasteiger partial charge in [0.2, 0.25) is 5.76 Å². The Balaban J connectivity index is 1.94. The first-order valence-electron chi connectivity index (χ1n) is 5.86. The van der Waals surface area contributed by atoms with Crippen LogP contribution in [0.15, 0.2) is 16.5 Å². The van der Waals surface area contributed by atoms with Crippen molar-refractivity contribution in [2.45, 2.75) is 25.9 Å². The first kappa shape index (κ1) is 12.1. The summed E-state index contributed by atoms with van der Waals surface area (Å²) in [4.78, 5) is 12.9. The third-order valence-corrected chi connectivity index (χ3v) is 3.31. The van der Waals surface area contributed by atoms with E-state index in [4.69, 9.17) is 15.3 Å². The molecule has 0 aromatic carbocycles. The van der Waals surface area contributed by atoms with E-state index < -0.39 is 5.97 Å². The Kier molecular flexibility index (Phi) is 3.49. The zero-order chi connectivity index (χ0) is 12.4. The first-order chi connectivity index (χ1) is 8.06. The monoisotopic (exact) mass is 238 g/mol. The second-order valence-electron chi connectivity index (χ2n) is 4.74.